The average molecular weight is 341 g/mol. The number of aliphatic imine (C=N–C) groups is 1. The van der Waals surface area contributed by atoms with Crippen molar-refractivity contribution in [2.24, 2.45) is 10.4 Å². The van der Waals surface area contributed by atoms with Gasteiger partial charge in [0.05, 0.1) is 6.61 Å². The van der Waals surface area contributed by atoms with Crippen molar-refractivity contribution in [3.8, 4) is 0 Å². The van der Waals surface area contributed by atoms with E-state index in [1.807, 2.05) is 0 Å². The third-order valence-electron chi connectivity index (χ3n) is 4.41. The molecule has 1 saturated heterocycles. The Labute approximate surface area is 141 Å². The van der Waals surface area contributed by atoms with Gasteiger partial charge in [-0.05, 0) is 31.4 Å². The second-order valence-electron chi connectivity index (χ2n) is 6.08. The Hall–Kier alpha value is -1.73. The summed E-state index contributed by atoms with van der Waals surface area (Å²) >= 11 is 0. The van der Waals surface area contributed by atoms with Gasteiger partial charge < -0.3 is 20.5 Å². The number of hydrogen-bond acceptors (Lipinski definition) is 3. The number of hydrogen-bond donors (Lipinski definition) is 3. The van der Waals surface area contributed by atoms with Crippen molar-refractivity contribution in [2.45, 2.75) is 19.3 Å². The second kappa shape index (κ2) is 8.94. The standard InChI is InChI=1S/C17H25F2N3O2/c1-20-16(22-11-17(6-9-23)7-10-24-12-17)21-8-5-13-14(18)3-2-4-15(13)19/h2-4,23H,5-12H2,1H3,(H2,20,21,22). The normalized spacial score (nSPS) is 21.1. The van der Waals surface area contributed by atoms with Crippen LogP contribution in [-0.2, 0) is 11.2 Å². The summed E-state index contributed by atoms with van der Waals surface area (Å²) in [5, 5.41) is 15.5. The molecule has 1 heterocycles. The van der Waals surface area contributed by atoms with Crippen molar-refractivity contribution < 1.29 is 18.6 Å². The zero-order valence-corrected chi connectivity index (χ0v) is 13.9. The van der Waals surface area contributed by atoms with Crippen LogP contribution < -0.4 is 10.6 Å². The van der Waals surface area contributed by atoms with E-state index in [0.717, 1.165) is 6.42 Å². The Balaban J connectivity index is 1.82. The van der Waals surface area contributed by atoms with Crippen molar-refractivity contribution in [1.29, 1.82) is 0 Å². The molecule has 1 aliphatic rings. The third-order valence-corrected chi connectivity index (χ3v) is 4.41. The van der Waals surface area contributed by atoms with Crippen LogP contribution in [0.1, 0.15) is 18.4 Å². The molecule has 3 N–H and O–H groups in total. The lowest BCUT2D eigenvalue weighted by Gasteiger charge is -2.27. The smallest absolute Gasteiger partial charge is 0.191 e. The molecule has 1 aromatic rings. The summed E-state index contributed by atoms with van der Waals surface area (Å²) in [6.07, 6.45) is 1.78. The molecule has 134 valence electrons. The highest BCUT2D eigenvalue weighted by molar-refractivity contribution is 5.79. The van der Waals surface area contributed by atoms with Gasteiger partial charge in [-0.15, -0.1) is 0 Å². The van der Waals surface area contributed by atoms with Gasteiger partial charge in [-0.1, -0.05) is 6.07 Å². The Morgan fingerprint density at radius 2 is 2.08 bits per heavy atom. The van der Waals surface area contributed by atoms with E-state index >= 15 is 0 Å². The van der Waals surface area contributed by atoms with Crippen molar-refractivity contribution in [3.63, 3.8) is 0 Å². The van der Waals surface area contributed by atoms with E-state index in [1.165, 1.54) is 18.2 Å². The van der Waals surface area contributed by atoms with E-state index in [1.54, 1.807) is 7.05 Å². The minimum absolute atomic E-state index is 0.0707. The lowest BCUT2D eigenvalue weighted by atomic mass is 9.84. The maximum atomic E-state index is 13.6. The van der Waals surface area contributed by atoms with Crippen LogP contribution in [-0.4, -0.2) is 51.0 Å². The van der Waals surface area contributed by atoms with Crippen LogP contribution in [0.15, 0.2) is 23.2 Å². The summed E-state index contributed by atoms with van der Waals surface area (Å²) in [7, 11) is 1.64. The fraction of sp³-hybridized carbons (Fsp3) is 0.588. The maximum Gasteiger partial charge on any atom is 0.191 e. The lowest BCUT2D eigenvalue weighted by Crippen LogP contribution is -2.45. The van der Waals surface area contributed by atoms with Gasteiger partial charge in [-0.25, -0.2) is 8.78 Å². The van der Waals surface area contributed by atoms with E-state index < -0.39 is 11.6 Å². The molecule has 5 nitrogen and oxygen atoms in total. The van der Waals surface area contributed by atoms with Gasteiger partial charge in [0, 0.05) is 44.3 Å². The second-order valence-corrected chi connectivity index (χ2v) is 6.08. The molecule has 24 heavy (non-hydrogen) atoms. The first-order chi connectivity index (χ1) is 11.6. The van der Waals surface area contributed by atoms with Crippen molar-refractivity contribution in [1.82, 2.24) is 10.6 Å². The monoisotopic (exact) mass is 341 g/mol. The predicted molar refractivity (Wildman–Crippen MR) is 89.0 cm³/mol. The van der Waals surface area contributed by atoms with E-state index in [2.05, 4.69) is 15.6 Å². The molecule has 1 fully saturated rings. The molecule has 7 heteroatoms. The first-order valence-corrected chi connectivity index (χ1v) is 8.16. The molecule has 1 aliphatic heterocycles. The van der Waals surface area contributed by atoms with Crippen LogP contribution in [0.4, 0.5) is 8.78 Å². The molecule has 0 amide bonds. The Kier molecular flexibility index (Phi) is 6.93. The van der Waals surface area contributed by atoms with Crippen molar-refractivity contribution >= 4 is 5.96 Å². The minimum atomic E-state index is -0.537. The zero-order valence-electron chi connectivity index (χ0n) is 13.9. The van der Waals surface area contributed by atoms with E-state index in [-0.39, 0.29) is 24.0 Å². The number of benzene rings is 1. The van der Waals surface area contributed by atoms with Crippen molar-refractivity contribution in [2.75, 3.05) is 40.0 Å². The molecular weight excluding hydrogens is 316 g/mol. The zero-order chi connectivity index (χ0) is 17.4. The molecule has 0 radical (unpaired) electrons. The van der Waals surface area contributed by atoms with Gasteiger partial charge in [0.15, 0.2) is 5.96 Å². The number of guanidine groups is 1. The number of nitrogens with one attached hydrogen (secondary N) is 2. The quantitative estimate of drug-likeness (QED) is 0.519. The number of nitrogens with zero attached hydrogens (tertiary/aromatic N) is 1. The summed E-state index contributed by atoms with van der Waals surface area (Å²) in [5.74, 6) is -0.509. The molecule has 1 atom stereocenters. The summed E-state index contributed by atoms with van der Waals surface area (Å²) in [6, 6.07) is 3.86. The Morgan fingerprint density at radius 1 is 1.33 bits per heavy atom. The van der Waals surface area contributed by atoms with Gasteiger partial charge in [-0.3, -0.25) is 4.99 Å². The van der Waals surface area contributed by atoms with E-state index in [4.69, 9.17) is 4.74 Å². The fourth-order valence-corrected chi connectivity index (χ4v) is 2.88. The average Bonchev–Trinajstić information content (AvgIpc) is 3.02. The third kappa shape index (κ3) is 4.88. The first kappa shape index (κ1) is 18.6. The molecule has 2 rings (SSSR count). The van der Waals surface area contributed by atoms with E-state index in [0.29, 0.717) is 38.7 Å². The first-order valence-electron chi connectivity index (χ1n) is 8.16. The number of halogens is 2. The largest absolute Gasteiger partial charge is 0.396 e. The van der Waals surface area contributed by atoms with Gasteiger partial charge in [0.2, 0.25) is 0 Å². The minimum Gasteiger partial charge on any atom is -0.396 e. The highest BCUT2D eigenvalue weighted by Crippen LogP contribution is 2.31. The van der Waals surface area contributed by atoms with Crippen LogP contribution in [0.25, 0.3) is 0 Å². The topological polar surface area (TPSA) is 65.9 Å². The molecule has 1 aromatic carbocycles. The van der Waals surface area contributed by atoms with Crippen LogP contribution >= 0.6 is 0 Å². The van der Waals surface area contributed by atoms with Crippen LogP contribution in [0.2, 0.25) is 0 Å². The van der Waals surface area contributed by atoms with Gasteiger partial charge >= 0.3 is 0 Å². The summed E-state index contributed by atoms with van der Waals surface area (Å²) in [4.78, 5) is 4.12. The van der Waals surface area contributed by atoms with Crippen LogP contribution in [0, 0.1) is 17.0 Å². The predicted octanol–water partition coefficient (Wildman–Crippen LogP) is 1.46. The number of aliphatic hydroxyl groups excluding tert-OH is 1. The fourth-order valence-electron chi connectivity index (χ4n) is 2.88. The van der Waals surface area contributed by atoms with Gasteiger partial charge in [0.25, 0.3) is 0 Å². The Bertz CT molecular complexity index is 541. The summed E-state index contributed by atoms with van der Waals surface area (Å²) < 4.78 is 32.6. The molecule has 0 aliphatic carbocycles. The molecule has 0 aromatic heterocycles. The molecule has 0 bridgehead atoms. The number of ether oxygens (including phenoxy) is 1. The molecule has 0 saturated carbocycles. The molecule has 0 spiro atoms. The molecule has 1 unspecified atom stereocenters. The Morgan fingerprint density at radius 3 is 2.67 bits per heavy atom. The highest BCUT2D eigenvalue weighted by Gasteiger charge is 2.34. The van der Waals surface area contributed by atoms with Crippen LogP contribution in [0.5, 0.6) is 0 Å². The van der Waals surface area contributed by atoms with Gasteiger partial charge in [0.1, 0.15) is 11.6 Å². The molecular formula is C17H25F2N3O2. The van der Waals surface area contributed by atoms with Crippen molar-refractivity contribution in [3.05, 3.63) is 35.4 Å². The van der Waals surface area contributed by atoms with Crippen LogP contribution in [0.3, 0.4) is 0 Å². The lowest BCUT2D eigenvalue weighted by molar-refractivity contribution is 0.127. The van der Waals surface area contributed by atoms with E-state index in [9.17, 15) is 13.9 Å². The van der Waals surface area contributed by atoms with Gasteiger partial charge in [-0.2, -0.15) is 0 Å². The SMILES string of the molecule is CN=C(NCCc1c(F)cccc1F)NCC1(CCO)CCOC1. The maximum absolute atomic E-state index is 13.6. The number of rotatable bonds is 7. The summed E-state index contributed by atoms with van der Waals surface area (Å²) in [5.41, 5.74) is -0.0225. The number of aliphatic hydroxyl groups is 1. The highest BCUT2D eigenvalue weighted by atomic mass is 19.1. The summed E-state index contributed by atoms with van der Waals surface area (Å²) in [6.45, 7) is 2.41.